The van der Waals surface area contributed by atoms with Gasteiger partial charge in [-0.15, -0.1) is 0 Å². The zero-order valence-electron chi connectivity index (χ0n) is 11.8. The maximum atomic E-state index is 9.54. The third-order valence-corrected chi connectivity index (χ3v) is 3.07. The molecule has 0 aliphatic carbocycles. The zero-order chi connectivity index (χ0) is 15.6. The van der Waals surface area contributed by atoms with Crippen molar-refractivity contribution in [1.29, 1.82) is 10.9 Å². The van der Waals surface area contributed by atoms with Gasteiger partial charge >= 0.3 is 0 Å². The minimum absolute atomic E-state index is 0.0148. The summed E-state index contributed by atoms with van der Waals surface area (Å²) in [5.41, 5.74) is 7.65. The number of nitrogens with zero attached hydrogens (tertiary/aromatic N) is 2. The monoisotopic (exact) mass is 284 g/mol. The molecule has 0 unspecified atom stereocenters. The smallest absolute Gasteiger partial charge is 0.156 e. The SMILES string of the molecule is CC.N=Nn1c(=N)c2cc(O)ccc2c2ccc(O)cc21. The van der Waals surface area contributed by atoms with Crippen molar-refractivity contribution in [2.45, 2.75) is 13.8 Å². The Labute approximate surface area is 120 Å². The second kappa shape index (κ2) is 5.62. The number of phenolic OH excluding ortho intramolecular Hbond substituents is 2. The van der Waals surface area contributed by atoms with Gasteiger partial charge in [-0.05, 0) is 35.7 Å². The molecule has 108 valence electrons. The second-order valence-corrected chi connectivity index (χ2v) is 4.19. The summed E-state index contributed by atoms with van der Waals surface area (Å²) in [4.78, 5) is 0. The third-order valence-electron chi connectivity index (χ3n) is 3.07. The Morgan fingerprint density at radius 3 is 2.10 bits per heavy atom. The first-order valence-corrected chi connectivity index (χ1v) is 6.54. The van der Waals surface area contributed by atoms with E-state index in [9.17, 15) is 10.2 Å². The molecular formula is C15H16N4O2. The average Bonchev–Trinajstić information content (AvgIpc) is 2.50. The van der Waals surface area contributed by atoms with Crippen LogP contribution in [0.1, 0.15) is 13.8 Å². The lowest BCUT2D eigenvalue weighted by molar-refractivity contribution is 0.475. The van der Waals surface area contributed by atoms with Gasteiger partial charge in [0.05, 0.1) is 5.52 Å². The van der Waals surface area contributed by atoms with E-state index in [-0.39, 0.29) is 17.0 Å². The van der Waals surface area contributed by atoms with E-state index in [2.05, 4.69) is 5.22 Å². The molecule has 0 aliphatic heterocycles. The van der Waals surface area contributed by atoms with Crippen molar-refractivity contribution >= 4 is 21.7 Å². The molecule has 0 fully saturated rings. The fraction of sp³-hybridized carbons (Fsp3) is 0.133. The number of hydrogen-bond acceptors (Lipinski definition) is 5. The third kappa shape index (κ3) is 2.31. The molecule has 2 aromatic carbocycles. The van der Waals surface area contributed by atoms with Crippen molar-refractivity contribution in [3.8, 4) is 11.5 Å². The van der Waals surface area contributed by atoms with E-state index in [1.54, 1.807) is 12.1 Å². The first kappa shape index (κ1) is 14.5. The molecule has 0 amide bonds. The van der Waals surface area contributed by atoms with Crippen molar-refractivity contribution in [2.24, 2.45) is 5.22 Å². The Bertz CT molecular complexity index is 884. The highest BCUT2D eigenvalue weighted by atomic mass is 16.3. The van der Waals surface area contributed by atoms with Crippen LogP contribution in [0.3, 0.4) is 0 Å². The van der Waals surface area contributed by atoms with Gasteiger partial charge in [-0.1, -0.05) is 19.1 Å². The molecule has 0 aliphatic rings. The summed E-state index contributed by atoms with van der Waals surface area (Å²) in [5.74, 6) is 0.0955. The van der Waals surface area contributed by atoms with Crippen LogP contribution in [0.5, 0.6) is 11.5 Å². The summed E-state index contributed by atoms with van der Waals surface area (Å²) < 4.78 is 1.11. The van der Waals surface area contributed by atoms with Crippen molar-refractivity contribution in [3.63, 3.8) is 0 Å². The van der Waals surface area contributed by atoms with Crippen LogP contribution in [0.4, 0.5) is 0 Å². The van der Waals surface area contributed by atoms with Gasteiger partial charge in [0.2, 0.25) is 0 Å². The molecule has 1 aromatic heterocycles. The maximum Gasteiger partial charge on any atom is 0.156 e. The van der Waals surface area contributed by atoms with Crippen molar-refractivity contribution in [3.05, 3.63) is 41.9 Å². The maximum absolute atomic E-state index is 9.54. The van der Waals surface area contributed by atoms with Crippen LogP contribution in [0.2, 0.25) is 0 Å². The summed E-state index contributed by atoms with van der Waals surface area (Å²) >= 11 is 0. The second-order valence-electron chi connectivity index (χ2n) is 4.19. The van der Waals surface area contributed by atoms with Crippen LogP contribution in [0.15, 0.2) is 41.6 Å². The topological polar surface area (TPSA) is 105 Å². The first-order chi connectivity index (χ1) is 10.1. The summed E-state index contributed by atoms with van der Waals surface area (Å²) in [5, 5.41) is 32.4. The Balaban J connectivity index is 0.000000774. The van der Waals surface area contributed by atoms with E-state index < -0.39 is 0 Å². The quantitative estimate of drug-likeness (QED) is 0.405. The standard InChI is InChI=1S/C13H10N4O2.C2H6/c14-13-11-5-7(18)1-3-9(11)10-4-2-8(19)6-12(10)17(13)16-15;1-2/h1-6,14-15,18-19H;1-2H3. The lowest BCUT2D eigenvalue weighted by atomic mass is 10.1. The van der Waals surface area contributed by atoms with Crippen LogP contribution in [0.25, 0.3) is 21.7 Å². The van der Waals surface area contributed by atoms with Crippen LogP contribution >= 0.6 is 0 Å². The van der Waals surface area contributed by atoms with Crippen LogP contribution in [-0.4, -0.2) is 14.9 Å². The molecule has 0 spiro atoms. The summed E-state index contributed by atoms with van der Waals surface area (Å²) in [6, 6.07) is 9.40. The molecular weight excluding hydrogens is 268 g/mol. The fourth-order valence-corrected chi connectivity index (χ4v) is 2.22. The molecule has 0 saturated carbocycles. The van der Waals surface area contributed by atoms with E-state index in [0.29, 0.717) is 10.9 Å². The van der Waals surface area contributed by atoms with Crippen LogP contribution in [-0.2, 0) is 0 Å². The van der Waals surface area contributed by atoms with Crippen LogP contribution < -0.4 is 5.49 Å². The molecule has 21 heavy (non-hydrogen) atoms. The molecule has 3 rings (SSSR count). The van der Waals surface area contributed by atoms with Gasteiger partial charge in [0.15, 0.2) is 5.49 Å². The number of hydrogen-bond donors (Lipinski definition) is 4. The van der Waals surface area contributed by atoms with Crippen molar-refractivity contribution in [2.75, 3.05) is 0 Å². The fourth-order valence-electron chi connectivity index (χ4n) is 2.22. The highest BCUT2D eigenvalue weighted by molar-refractivity contribution is 6.06. The summed E-state index contributed by atoms with van der Waals surface area (Å²) in [7, 11) is 0. The molecule has 0 saturated heterocycles. The predicted molar refractivity (Wildman–Crippen MR) is 80.5 cm³/mol. The van der Waals surface area contributed by atoms with E-state index in [0.717, 1.165) is 15.4 Å². The highest BCUT2D eigenvalue weighted by Gasteiger charge is 2.09. The predicted octanol–water partition coefficient (Wildman–Crippen LogP) is 3.51. The average molecular weight is 284 g/mol. The van der Waals surface area contributed by atoms with Gasteiger partial charge in [-0.25, -0.2) is 0 Å². The Kier molecular flexibility index (Phi) is 3.89. The molecule has 0 bridgehead atoms. The Morgan fingerprint density at radius 1 is 0.905 bits per heavy atom. The minimum Gasteiger partial charge on any atom is -0.508 e. The van der Waals surface area contributed by atoms with Gasteiger partial charge in [0, 0.05) is 16.8 Å². The van der Waals surface area contributed by atoms with Gasteiger partial charge in [0.1, 0.15) is 11.5 Å². The van der Waals surface area contributed by atoms with E-state index in [1.807, 2.05) is 13.8 Å². The van der Waals surface area contributed by atoms with Gasteiger partial charge in [-0.3, -0.25) is 5.41 Å². The zero-order valence-corrected chi connectivity index (χ0v) is 11.8. The van der Waals surface area contributed by atoms with Gasteiger partial charge in [-0.2, -0.15) is 10.2 Å². The molecule has 6 heteroatoms. The highest BCUT2D eigenvalue weighted by Crippen LogP contribution is 2.27. The van der Waals surface area contributed by atoms with E-state index in [1.165, 1.54) is 24.3 Å². The van der Waals surface area contributed by atoms with E-state index in [4.69, 9.17) is 10.9 Å². The molecule has 0 atom stereocenters. The molecule has 6 nitrogen and oxygen atoms in total. The van der Waals surface area contributed by atoms with Gasteiger partial charge in [0.25, 0.3) is 0 Å². The number of aromatic nitrogens is 1. The van der Waals surface area contributed by atoms with E-state index >= 15 is 0 Å². The van der Waals surface area contributed by atoms with Crippen molar-refractivity contribution < 1.29 is 10.2 Å². The number of rotatable bonds is 1. The number of pyridine rings is 1. The molecule has 1 heterocycles. The number of phenols is 2. The lowest BCUT2D eigenvalue weighted by Crippen LogP contribution is -2.16. The summed E-state index contributed by atoms with van der Waals surface area (Å²) in [6.45, 7) is 4.00. The molecule has 3 aromatic rings. The Morgan fingerprint density at radius 2 is 1.48 bits per heavy atom. The largest absolute Gasteiger partial charge is 0.508 e. The number of benzene rings is 2. The first-order valence-electron chi connectivity index (χ1n) is 6.54. The molecule has 0 radical (unpaired) electrons. The van der Waals surface area contributed by atoms with Crippen LogP contribution in [0, 0.1) is 10.9 Å². The minimum atomic E-state index is -0.0148. The van der Waals surface area contributed by atoms with Crippen molar-refractivity contribution in [1.82, 2.24) is 4.68 Å². The van der Waals surface area contributed by atoms with Gasteiger partial charge < -0.3 is 10.2 Å². The number of fused-ring (bicyclic) bond motifs is 3. The summed E-state index contributed by atoms with van der Waals surface area (Å²) in [6.07, 6.45) is 0. The normalized spacial score (nSPS) is 10.2. The lowest BCUT2D eigenvalue weighted by Gasteiger charge is -2.09. The number of aromatic hydroxyl groups is 2. The number of nitrogens with one attached hydrogen (secondary N) is 2. The Hall–Kier alpha value is -2.89. The molecule has 4 N–H and O–H groups in total.